The molecule has 0 saturated heterocycles. The summed E-state index contributed by atoms with van der Waals surface area (Å²) in [6.07, 6.45) is 7.43. The van der Waals surface area contributed by atoms with E-state index in [2.05, 4.69) is 29.3 Å². The van der Waals surface area contributed by atoms with Gasteiger partial charge in [0.1, 0.15) is 0 Å². The van der Waals surface area contributed by atoms with E-state index in [0.29, 0.717) is 17.2 Å². The molecule has 1 aliphatic carbocycles. The molecule has 114 valence electrons. The Hall–Kier alpha value is -0.550. The molecule has 0 bridgehead atoms. The Morgan fingerprint density at radius 2 is 2.15 bits per heavy atom. The summed E-state index contributed by atoms with van der Waals surface area (Å²) in [4.78, 5) is 4.64. The zero-order chi connectivity index (χ0) is 14.4. The van der Waals surface area contributed by atoms with Crippen LogP contribution in [0.15, 0.2) is 4.52 Å². The lowest BCUT2D eigenvalue weighted by molar-refractivity contribution is 0.309. The van der Waals surface area contributed by atoms with Gasteiger partial charge in [-0.05, 0) is 26.3 Å². The zero-order valence-electron chi connectivity index (χ0n) is 12.9. The van der Waals surface area contributed by atoms with E-state index < -0.39 is 0 Å². The summed E-state index contributed by atoms with van der Waals surface area (Å²) in [5, 5.41) is 8.24. The second kappa shape index (κ2) is 8.03. The van der Waals surface area contributed by atoms with Gasteiger partial charge >= 0.3 is 0 Å². The molecule has 3 unspecified atom stereocenters. The first-order valence-electron chi connectivity index (χ1n) is 7.86. The number of likely N-dealkylation sites (N-methyl/N-ethyl adjacent to an activating group) is 1. The number of rotatable bonds is 6. The molecule has 20 heavy (non-hydrogen) atoms. The van der Waals surface area contributed by atoms with Crippen LogP contribution in [0.25, 0.3) is 0 Å². The molecule has 1 saturated carbocycles. The summed E-state index contributed by atoms with van der Waals surface area (Å²) < 4.78 is 5.54. The van der Waals surface area contributed by atoms with Crippen LogP contribution in [0.2, 0.25) is 0 Å². The number of thioether (sulfide) groups is 1. The molecule has 1 heterocycles. The lowest BCUT2D eigenvalue weighted by Crippen LogP contribution is -2.31. The van der Waals surface area contributed by atoms with Crippen molar-refractivity contribution in [2.75, 3.05) is 7.05 Å². The highest BCUT2D eigenvalue weighted by molar-refractivity contribution is 7.99. The maximum absolute atomic E-state index is 5.54. The van der Waals surface area contributed by atoms with Gasteiger partial charge in [0.2, 0.25) is 5.89 Å². The standard InChI is InChI=1S/C15H27N3OS/c1-4-11(2)20-10-14-17-15(19-18-14)12-8-6-5-7-9-13(12)16-3/h11-13,16H,4-10H2,1-3H3. The molecule has 1 fully saturated rings. The van der Waals surface area contributed by atoms with Gasteiger partial charge in [0, 0.05) is 11.3 Å². The number of nitrogens with one attached hydrogen (secondary N) is 1. The topological polar surface area (TPSA) is 51.0 Å². The summed E-state index contributed by atoms with van der Waals surface area (Å²) >= 11 is 1.90. The molecular formula is C15H27N3OS. The molecule has 5 heteroatoms. The van der Waals surface area contributed by atoms with Gasteiger partial charge in [-0.3, -0.25) is 0 Å². The predicted molar refractivity (Wildman–Crippen MR) is 84.0 cm³/mol. The minimum absolute atomic E-state index is 0.386. The summed E-state index contributed by atoms with van der Waals surface area (Å²) in [5.74, 6) is 2.93. The van der Waals surface area contributed by atoms with Crippen LogP contribution in [0.3, 0.4) is 0 Å². The minimum atomic E-state index is 0.386. The monoisotopic (exact) mass is 297 g/mol. The van der Waals surface area contributed by atoms with Crippen molar-refractivity contribution in [3.8, 4) is 0 Å². The first-order valence-corrected chi connectivity index (χ1v) is 8.90. The van der Waals surface area contributed by atoms with Gasteiger partial charge in [-0.2, -0.15) is 16.7 Å². The third kappa shape index (κ3) is 4.22. The largest absolute Gasteiger partial charge is 0.339 e. The lowest BCUT2D eigenvalue weighted by Gasteiger charge is -2.20. The molecular weight excluding hydrogens is 270 g/mol. The smallest absolute Gasteiger partial charge is 0.231 e. The summed E-state index contributed by atoms with van der Waals surface area (Å²) in [5.41, 5.74) is 0. The Bertz CT molecular complexity index is 396. The van der Waals surface area contributed by atoms with Gasteiger partial charge in [0.15, 0.2) is 5.82 Å². The first-order chi connectivity index (χ1) is 9.74. The molecule has 2 rings (SSSR count). The van der Waals surface area contributed by atoms with Crippen molar-refractivity contribution < 1.29 is 4.52 Å². The van der Waals surface area contributed by atoms with E-state index >= 15 is 0 Å². The maximum Gasteiger partial charge on any atom is 0.231 e. The average molecular weight is 297 g/mol. The molecule has 0 spiro atoms. The van der Waals surface area contributed by atoms with E-state index in [-0.39, 0.29) is 0 Å². The number of hydrogen-bond donors (Lipinski definition) is 1. The third-order valence-corrected chi connectivity index (χ3v) is 5.59. The van der Waals surface area contributed by atoms with Crippen LogP contribution in [-0.2, 0) is 5.75 Å². The molecule has 3 atom stereocenters. The second-order valence-corrected chi connectivity index (χ2v) is 7.15. The highest BCUT2D eigenvalue weighted by Crippen LogP contribution is 2.31. The van der Waals surface area contributed by atoms with Crippen LogP contribution < -0.4 is 5.32 Å². The van der Waals surface area contributed by atoms with E-state index in [4.69, 9.17) is 4.52 Å². The fraction of sp³-hybridized carbons (Fsp3) is 0.867. The normalized spacial score (nSPS) is 25.4. The molecule has 0 aromatic carbocycles. The molecule has 1 aromatic heterocycles. The second-order valence-electron chi connectivity index (χ2n) is 5.72. The van der Waals surface area contributed by atoms with Gasteiger partial charge in [0.25, 0.3) is 0 Å². The number of aromatic nitrogens is 2. The van der Waals surface area contributed by atoms with Gasteiger partial charge in [0.05, 0.1) is 11.7 Å². The van der Waals surface area contributed by atoms with Crippen molar-refractivity contribution >= 4 is 11.8 Å². The Balaban J connectivity index is 1.98. The van der Waals surface area contributed by atoms with Crippen LogP contribution in [0.1, 0.15) is 70.0 Å². The zero-order valence-corrected chi connectivity index (χ0v) is 13.7. The van der Waals surface area contributed by atoms with E-state index in [1.807, 2.05) is 18.8 Å². The summed E-state index contributed by atoms with van der Waals surface area (Å²) in [7, 11) is 2.04. The quantitative estimate of drug-likeness (QED) is 0.811. The summed E-state index contributed by atoms with van der Waals surface area (Å²) in [6.45, 7) is 4.45. The molecule has 1 N–H and O–H groups in total. The fourth-order valence-corrected chi connectivity index (χ4v) is 3.55. The minimum Gasteiger partial charge on any atom is -0.339 e. The van der Waals surface area contributed by atoms with Crippen molar-refractivity contribution in [1.29, 1.82) is 0 Å². The van der Waals surface area contributed by atoms with Crippen molar-refractivity contribution in [2.45, 2.75) is 75.3 Å². The van der Waals surface area contributed by atoms with E-state index in [1.54, 1.807) is 0 Å². The Kier molecular flexibility index (Phi) is 6.36. The molecule has 1 aromatic rings. The highest BCUT2D eigenvalue weighted by atomic mass is 32.2. The van der Waals surface area contributed by atoms with Crippen LogP contribution in [0.5, 0.6) is 0 Å². The average Bonchev–Trinajstić information content (AvgIpc) is 2.81. The number of hydrogen-bond acceptors (Lipinski definition) is 5. The van der Waals surface area contributed by atoms with Crippen LogP contribution >= 0.6 is 11.8 Å². The van der Waals surface area contributed by atoms with Gasteiger partial charge in [-0.15, -0.1) is 0 Å². The van der Waals surface area contributed by atoms with Gasteiger partial charge in [-0.1, -0.05) is 38.3 Å². The third-order valence-electron chi connectivity index (χ3n) is 4.26. The first kappa shape index (κ1) is 15.8. The predicted octanol–water partition coefficient (Wildman–Crippen LogP) is 3.74. The Morgan fingerprint density at radius 1 is 1.35 bits per heavy atom. The van der Waals surface area contributed by atoms with E-state index in [1.165, 1.54) is 32.1 Å². The number of nitrogens with zero attached hydrogens (tertiary/aromatic N) is 2. The molecule has 0 aliphatic heterocycles. The van der Waals surface area contributed by atoms with Crippen LogP contribution in [0, 0.1) is 0 Å². The Labute approximate surface area is 126 Å². The van der Waals surface area contributed by atoms with Crippen LogP contribution in [-0.4, -0.2) is 28.5 Å². The maximum atomic E-state index is 5.54. The molecule has 4 nitrogen and oxygen atoms in total. The van der Waals surface area contributed by atoms with Gasteiger partial charge < -0.3 is 9.84 Å². The highest BCUT2D eigenvalue weighted by Gasteiger charge is 2.28. The van der Waals surface area contributed by atoms with E-state index in [9.17, 15) is 0 Å². The summed E-state index contributed by atoms with van der Waals surface area (Å²) in [6, 6.07) is 0.480. The van der Waals surface area contributed by atoms with Crippen molar-refractivity contribution in [1.82, 2.24) is 15.5 Å². The van der Waals surface area contributed by atoms with Crippen molar-refractivity contribution in [3.05, 3.63) is 11.7 Å². The molecule has 1 aliphatic rings. The lowest BCUT2D eigenvalue weighted by atomic mass is 9.95. The molecule has 0 radical (unpaired) electrons. The molecule has 0 amide bonds. The van der Waals surface area contributed by atoms with E-state index in [0.717, 1.165) is 23.9 Å². The van der Waals surface area contributed by atoms with Gasteiger partial charge in [-0.25, -0.2) is 0 Å². The van der Waals surface area contributed by atoms with Crippen LogP contribution in [0.4, 0.5) is 0 Å². The van der Waals surface area contributed by atoms with Crippen molar-refractivity contribution in [3.63, 3.8) is 0 Å². The Morgan fingerprint density at radius 3 is 2.90 bits per heavy atom. The fourth-order valence-electron chi connectivity index (χ4n) is 2.76. The van der Waals surface area contributed by atoms with Crippen molar-refractivity contribution in [2.24, 2.45) is 0 Å². The SMILES string of the molecule is CCC(C)SCc1noc(C2CCCCCC2NC)n1.